The Morgan fingerprint density at radius 1 is 1.33 bits per heavy atom. The number of nitrogens with one attached hydrogen (secondary N) is 2. The molecule has 0 aromatic rings. The van der Waals surface area contributed by atoms with Gasteiger partial charge in [-0.1, -0.05) is 0 Å². The number of alkyl halides is 1. The molecule has 0 spiro atoms. The number of phosphoric ester groups is 1. The van der Waals surface area contributed by atoms with Crippen LogP contribution in [0.3, 0.4) is 0 Å². The fourth-order valence-electron chi connectivity index (χ4n) is 3.04. The van der Waals surface area contributed by atoms with Crippen molar-refractivity contribution >= 4 is 59.1 Å². The summed E-state index contributed by atoms with van der Waals surface area (Å²) in [6, 6.07) is -1.10. The van der Waals surface area contributed by atoms with Crippen molar-refractivity contribution in [2.75, 3.05) is 6.61 Å². The summed E-state index contributed by atoms with van der Waals surface area (Å²) in [5.41, 5.74) is 0. The molecule has 3 rings (SSSR count). The third-order valence-corrected chi connectivity index (χ3v) is 8.54. The number of amidine groups is 1. The summed E-state index contributed by atoms with van der Waals surface area (Å²) in [5, 5.41) is 20.2. The molecule has 0 aromatic heterocycles. The van der Waals surface area contributed by atoms with Gasteiger partial charge < -0.3 is 29.4 Å². The molecule has 6 N–H and O–H groups in total. The first-order chi connectivity index (χ1) is 14.9. The van der Waals surface area contributed by atoms with Gasteiger partial charge in [0.25, 0.3) is 13.7 Å². The van der Waals surface area contributed by atoms with Crippen molar-refractivity contribution in [3.8, 4) is 0 Å². The second-order valence-electron chi connectivity index (χ2n) is 6.87. The van der Waals surface area contributed by atoms with Crippen molar-refractivity contribution in [1.29, 1.82) is 5.41 Å². The second kappa shape index (κ2) is 8.84. The SMILES string of the molecule is C[C@@]1(Cl)[C@H](O)[C@@H](COP(=O)(O)OP(=O)(O)OP(=O)([O-])O)O[C@H]1N1C=NC2C(=O)NC(=N)N=C21. The van der Waals surface area contributed by atoms with Crippen LogP contribution >= 0.6 is 35.1 Å². The van der Waals surface area contributed by atoms with E-state index in [9.17, 15) is 33.4 Å². The number of carbonyl (C=O) groups is 1. The van der Waals surface area contributed by atoms with E-state index in [2.05, 4.69) is 28.4 Å². The van der Waals surface area contributed by atoms with E-state index in [1.54, 1.807) is 0 Å². The molecule has 0 aromatic carbocycles. The second-order valence-corrected chi connectivity index (χ2v) is 12.1. The number of aliphatic hydroxyl groups is 1. The van der Waals surface area contributed by atoms with Crippen molar-refractivity contribution in [2.45, 2.75) is 36.3 Å². The molecule has 18 nitrogen and oxygen atoms in total. The van der Waals surface area contributed by atoms with Gasteiger partial charge in [-0.3, -0.25) is 34.5 Å². The van der Waals surface area contributed by atoms with Gasteiger partial charge in [-0.25, -0.2) is 13.4 Å². The molecule has 3 aliphatic rings. The highest BCUT2D eigenvalue weighted by Crippen LogP contribution is 2.65. The molecule has 8 atom stereocenters. The number of aliphatic hydroxyl groups excluding tert-OH is 1. The number of carbonyl (C=O) groups excluding carboxylic acids is 1. The number of hydrogen-bond donors (Lipinski definition) is 6. The van der Waals surface area contributed by atoms with E-state index in [0.717, 1.165) is 6.34 Å². The quantitative estimate of drug-likeness (QED) is 0.139. The van der Waals surface area contributed by atoms with Crippen molar-refractivity contribution < 1.29 is 61.1 Å². The van der Waals surface area contributed by atoms with Crippen LogP contribution in [0.25, 0.3) is 0 Å². The number of ether oxygens (including phenoxy) is 1. The summed E-state index contributed by atoms with van der Waals surface area (Å²) in [6.07, 6.45) is -3.21. The Balaban J connectivity index is 1.70. The van der Waals surface area contributed by atoms with E-state index in [0.29, 0.717) is 0 Å². The van der Waals surface area contributed by atoms with E-state index < -0.39 is 71.3 Å². The first-order valence-corrected chi connectivity index (χ1v) is 13.4. The van der Waals surface area contributed by atoms with Crippen LogP contribution in [0.4, 0.5) is 0 Å². The maximum Gasteiger partial charge on any atom is 0.487 e. The molecule has 22 heteroatoms. The Bertz CT molecular complexity index is 1060. The summed E-state index contributed by atoms with van der Waals surface area (Å²) in [5.74, 6) is -1.15. The van der Waals surface area contributed by atoms with Crippen molar-refractivity contribution in [2.24, 2.45) is 9.98 Å². The van der Waals surface area contributed by atoms with Gasteiger partial charge >= 0.3 is 15.6 Å². The van der Waals surface area contributed by atoms with Crippen LogP contribution in [0.15, 0.2) is 9.98 Å². The zero-order valence-electron chi connectivity index (χ0n) is 16.1. The average molecular weight is 555 g/mol. The van der Waals surface area contributed by atoms with Gasteiger partial charge in [0.2, 0.25) is 5.96 Å². The van der Waals surface area contributed by atoms with Gasteiger partial charge in [0.05, 0.1) is 12.9 Å². The van der Waals surface area contributed by atoms with Crippen LogP contribution in [-0.4, -0.2) is 84.7 Å². The highest BCUT2D eigenvalue weighted by molar-refractivity contribution is 7.66. The van der Waals surface area contributed by atoms with Gasteiger partial charge in [0, 0.05) is 0 Å². The van der Waals surface area contributed by atoms with E-state index in [1.807, 2.05) is 0 Å². The summed E-state index contributed by atoms with van der Waals surface area (Å²) in [7, 11) is -17.1. The molecule has 186 valence electrons. The largest absolute Gasteiger partial charge is 0.756 e. The van der Waals surface area contributed by atoms with Gasteiger partial charge in [-0.15, -0.1) is 11.6 Å². The fraction of sp³-hybridized carbons (Fsp3) is 0.636. The Hall–Kier alpha value is -1.10. The number of halogens is 1. The lowest BCUT2D eigenvalue weighted by atomic mass is 10.0. The summed E-state index contributed by atoms with van der Waals surface area (Å²) >= 11 is 6.39. The average Bonchev–Trinajstić information content (AvgIpc) is 3.10. The molecule has 0 aliphatic carbocycles. The Kier molecular flexibility index (Phi) is 7.10. The van der Waals surface area contributed by atoms with Crippen molar-refractivity contribution in [1.82, 2.24) is 10.2 Å². The molecular weight excluding hydrogens is 539 g/mol. The van der Waals surface area contributed by atoms with Crippen molar-refractivity contribution in [3.05, 3.63) is 0 Å². The van der Waals surface area contributed by atoms with Crippen LogP contribution in [0.5, 0.6) is 0 Å². The Morgan fingerprint density at radius 3 is 2.58 bits per heavy atom. The van der Waals surface area contributed by atoms with Crippen LogP contribution in [0.2, 0.25) is 0 Å². The van der Waals surface area contributed by atoms with Crippen molar-refractivity contribution in [3.63, 3.8) is 0 Å². The standard InChI is InChI=1S/C11H17ClN5O13P3/c1-11(12)6(18)4(2-27-32(23,24)30-33(25,26)29-31(20,21)22)28-9(11)17-3-14-5-7(17)15-10(13)16-8(5)19/h3-6,9,18H,2H2,1H3,(H,23,24)(H,25,26)(H2,13,16,19)(H2,20,21,22)/p-1/t4-,5?,6-,9-,11-/m1/s1. The number of hydrogen-bond acceptors (Lipinski definition) is 13. The highest BCUT2D eigenvalue weighted by atomic mass is 35.5. The number of nitrogens with zero attached hydrogens (tertiary/aromatic N) is 3. The van der Waals surface area contributed by atoms with Gasteiger partial charge in [-0.2, -0.15) is 9.30 Å². The van der Waals surface area contributed by atoms with Crippen LogP contribution in [0, 0.1) is 5.41 Å². The van der Waals surface area contributed by atoms with Crippen LogP contribution < -0.4 is 10.2 Å². The third-order valence-electron chi connectivity index (χ3n) is 4.35. The van der Waals surface area contributed by atoms with Gasteiger partial charge in [-0.05, 0) is 6.92 Å². The molecule has 1 amide bonds. The minimum atomic E-state index is -5.81. The zero-order chi connectivity index (χ0) is 25.0. The monoisotopic (exact) mass is 554 g/mol. The lowest BCUT2D eigenvalue weighted by Gasteiger charge is -2.33. The van der Waals surface area contributed by atoms with Crippen LogP contribution in [0.1, 0.15) is 6.92 Å². The predicted octanol–water partition coefficient (Wildman–Crippen LogP) is -2.04. The summed E-state index contributed by atoms with van der Waals surface area (Å²) in [4.78, 5) is 56.9. The number of guanidine groups is 1. The minimum Gasteiger partial charge on any atom is -0.756 e. The number of aliphatic imine (C=N–C) groups is 2. The van der Waals surface area contributed by atoms with Gasteiger partial charge in [0.1, 0.15) is 17.1 Å². The molecule has 33 heavy (non-hydrogen) atoms. The fourth-order valence-corrected chi connectivity index (χ4v) is 6.33. The van der Waals surface area contributed by atoms with E-state index in [1.165, 1.54) is 11.8 Å². The Labute approximate surface area is 189 Å². The summed E-state index contributed by atoms with van der Waals surface area (Å²) in [6.45, 7) is 0.344. The highest BCUT2D eigenvalue weighted by Gasteiger charge is 2.57. The minimum absolute atomic E-state index is 0.0324. The summed E-state index contributed by atoms with van der Waals surface area (Å²) < 4.78 is 50.8. The van der Waals surface area contributed by atoms with Gasteiger partial charge in [0.15, 0.2) is 18.1 Å². The molecule has 1 saturated heterocycles. The molecule has 3 aliphatic heterocycles. The van der Waals surface area contributed by atoms with Crippen LogP contribution in [-0.2, 0) is 36.4 Å². The molecule has 0 radical (unpaired) electrons. The molecule has 0 bridgehead atoms. The lowest BCUT2D eigenvalue weighted by molar-refractivity contribution is -0.212. The third kappa shape index (κ3) is 5.94. The normalized spacial score (nSPS) is 37.1. The number of rotatable bonds is 8. The molecular formula is C11H16ClN5O13P3-. The maximum atomic E-state index is 12.0. The molecule has 4 unspecified atom stereocenters. The lowest BCUT2D eigenvalue weighted by Crippen LogP contribution is -2.55. The van der Waals surface area contributed by atoms with E-state index in [-0.39, 0.29) is 5.84 Å². The molecule has 3 heterocycles. The topological polar surface area (TPSA) is 273 Å². The van der Waals surface area contributed by atoms with E-state index in [4.69, 9.17) is 31.5 Å². The zero-order valence-corrected chi connectivity index (χ0v) is 19.6. The predicted molar refractivity (Wildman–Crippen MR) is 104 cm³/mol. The first-order valence-electron chi connectivity index (χ1n) is 8.50. The van der Waals surface area contributed by atoms with E-state index >= 15 is 0 Å². The number of fused-ring (bicyclic) bond motifs is 1. The maximum absolute atomic E-state index is 12.0. The first kappa shape index (κ1) is 26.5. The smallest absolute Gasteiger partial charge is 0.487 e. The number of amides is 1. The Morgan fingerprint density at radius 2 is 1.97 bits per heavy atom. The molecule has 0 saturated carbocycles. The number of phosphoric acid groups is 3. The molecule has 1 fully saturated rings.